The molecule has 4 atom stereocenters. The molecular weight excluding hydrogens is 322 g/mol. The minimum absolute atomic E-state index is 0.0213. The number of aromatic amines is 1. The van der Waals surface area contributed by atoms with Gasteiger partial charge in [-0.1, -0.05) is 27.7 Å². The van der Waals surface area contributed by atoms with Crippen molar-refractivity contribution >= 4 is 20.7 Å². The highest BCUT2D eigenvalue weighted by atomic mass is 28.3. The molecule has 7 heteroatoms. The summed E-state index contributed by atoms with van der Waals surface area (Å²) >= 11 is 0. The molecule has 1 aromatic heterocycles. The van der Waals surface area contributed by atoms with Gasteiger partial charge in [-0.3, -0.25) is 9.59 Å². The summed E-state index contributed by atoms with van der Waals surface area (Å²) in [6, 6.07) is -0.170. The van der Waals surface area contributed by atoms with E-state index in [1.165, 1.54) is 0 Å². The zero-order chi connectivity index (χ0) is 18.1. The maximum absolute atomic E-state index is 12.6. The molecule has 1 aromatic rings. The fraction of sp³-hybridized carbons (Fsp3) is 0.706. The number of Topliss-reactive ketones (excluding diaryl/α,β-unsaturated/α-hetero) is 1. The molecule has 1 saturated heterocycles. The number of hydrogen-bond acceptors (Lipinski definition) is 4. The fourth-order valence-electron chi connectivity index (χ4n) is 3.25. The maximum Gasteiger partial charge on any atom is 0.225 e. The van der Waals surface area contributed by atoms with Crippen LogP contribution < -0.4 is 5.32 Å². The summed E-state index contributed by atoms with van der Waals surface area (Å²) in [4.78, 5) is 31.8. The predicted molar refractivity (Wildman–Crippen MR) is 95.3 cm³/mol. The molecule has 6 nitrogen and oxygen atoms in total. The van der Waals surface area contributed by atoms with Crippen LogP contribution >= 0.6 is 0 Å². The first-order valence-electron chi connectivity index (χ1n) is 8.58. The van der Waals surface area contributed by atoms with Crippen molar-refractivity contribution in [1.29, 1.82) is 0 Å². The van der Waals surface area contributed by atoms with E-state index in [2.05, 4.69) is 49.1 Å². The topological polar surface area (TPSA) is 84.1 Å². The Morgan fingerprint density at radius 2 is 2.08 bits per heavy atom. The van der Waals surface area contributed by atoms with E-state index >= 15 is 0 Å². The van der Waals surface area contributed by atoms with Gasteiger partial charge in [0.1, 0.15) is 0 Å². The molecule has 0 bridgehead atoms. The zero-order valence-corrected chi connectivity index (χ0v) is 16.6. The number of aromatic nitrogens is 2. The summed E-state index contributed by atoms with van der Waals surface area (Å²) in [7, 11) is -1.17. The predicted octanol–water partition coefficient (Wildman–Crippen LogP) is 2.01. The van der Waals surface area contributed by atoms with Crippen LogP contribution in [0.15, 0.2) is 12.4 Å². The minimum Gasteiger partial charge on any atom is -0.420 e. The van der Waals surface area contributed by atoms with Crippen molar-refractivity contribution in [3.63, 3.8) is 0 Å². The summed E-state index contributed by atoms with van der Waals surface area (Å²) < 4.78 is 5.95. The van der Waals surface area contributed by atoms with Gasteiger partial charge in [0.05, 0.1) is 12.0 Å². The van der Waals surface area contributed by atoms with E-state index in [1.54, 1.807) is 12.4 Å². The summed E-state index contributed by atoms with van der Waals surface area (Å²) in [6.45, 7) is 13.1. The van der Waals surface area contributed by atoms with Crippen LogP contribution in [-0.4, -0.2) is 43.3 Å². The molecular formula is C17H29N3O3Si. The monoisotopic (exact) mass is 351 g/mol. The first-order chi connectivity index (χ1) is 11.1. The molecule has 0 radical (unpaired) electrons. The number of amides is 1. The SMILES string of the molecule is C[C@@H](C(=O)c1ncc[nH]1)[C@@H]1NC(=O)[C@H]1[C@@H](CO[SiH](C)C)C(C)(C)C. The lowest BCUT2D eigenvalue weighted by Crippen LogP contribution is -2.66. The van der Waals surface area contributed by atoms with Gasteiger partial charge in [-0.2, -0.15) is 0 Å². The Bertz CT molecular complexity index is 580. The van der Waals surface area contributed by atoms with Crippen LogP contribution in [0, 0.1) is 23.2 Å². The van der Waals surface area contributed by atoms with Crippen LogP contribution in [0.1, 0.15) is 38.3 Å². The lowest BCUT2D eigenvalue weighted by atomic mass is 9.65. The average molecular weight is 352 g/mol. The molecule has 2 rings (SSSR count). The van der Waals surface area contributed by atoms with Crippen LogP contribution in [-0.2, 0) is 9.22 Å². The van der Waals surface area contributed by atoms with Crippen LogP contribution in [0.3, 0.4) is 0 Å². The summed E-state index contributed by atoms with van der Waals surface area (Å²) in [5, 5.41) is 2.93. The van der Waals surface area contributed by atoms with Crippen molar-refractivity contribution in [1.82, 2.24) is 15.3 Å². The molecule has 24 heavy (non-hydrogen) atoms. The highest BCUT2D eigenvalue weighted by Crippen LogP contribution is 2.40. The number of carbonyl (C=O) groups is 2. The number of rotatable bonds is 7. The Morgan fingerprint density at radius 3 is 2.54 bits per heavy atom. The van der Waals surface area contributed by atoms with Gasteiger partial charge in [0.2, 0.25) is 11.7 Å². The number of β-lactam (4-membered cyclic amide) rings is 1. The maximum atomic E-state index is 12.6. The lowest BCUT2D eigenvalue weighted by molar-refractivity contribution is -0.143. The van der Waals surface area contributed by atoms with E-state index in [1.807, 2.05) is 6.92 Å². The fourth-order valence-corrected chi connectivity index (χ4v) is 3.85. The van der Waals surface area contributed by atoms with Gasteiger partial charge < -0.3 is 14.7 Å². The molecule has 0 saturated carbocycles. The second kappa shape index (κ2) is 7.19. The molecule has 1 aliphatic heterocycles. The van der Waals surface area contributed by atoms with Crippen LogP contribution in [0.2, 0.25) is 13.1 Å². The van der Waals surface area contributed by atoms with Crippen molar-refractivity contribution in [2.24, 2.45) is 23.2 Å². The van der Waals surface area contributed by atoms with E-state index in [0.717, 1.165) is 0 Å². The van der Waals surface area contributed by atoms with Gasteiger partial charge in [-0.05, 0) is 24.4 Å². The molecule has 0 unspecified atom stereocenters. The molecule has 0 spiro atoms. The van der Waals surface area contributed by atoms with Crippen molar-refractivity contribution in [2.45, 2.75) is 46.8 Å². The normalized spacial score (nSPS) is 23.5. The Kier molecular flexibility index (Phi) is 5.65. The molecule has 2 N–H and O–H groups in total. The quantitative estimate of drug-likeness (QED) is 0.447. The van der Waals surface area contributed by atoms with E-state index in [9.17, 15) is 9.59 Å². The average Bonchev–Trinajstić information content (AvgIpc) is 3.00. The molecule has 134 valence electrons. The largest absolute Gasteiger partial charge is 0.420 e. The number of hydrogen-bond donors (Lipinski definition) is 2. The Labute approximate surface area is 145 Å². The first-order valence-corrected chi connectivity index (χ1v) is 11.4. The standard InChI is InChI=1S/C17H29N3O3Si/c1-10(14(21)15-18-7-8-19-15)13-12(16(22)20-13)11(17(2,3)4)9-23-24(5)6/h7-8,10-13,24H,9H2,1-6H3,(H,18,19)(H,20,22)/t10-,11-,12+,13+/m1/s1. The Hall–Kier alpha value is -1.47. The summed E-state index contributed by atoms with van der Waals surface area (Å²) in [5.74, 6) is -0.139. The number of nitrogens with zero attached hydrogens (tertiary/aromatic N) is 1. The van der Waals surface area contributed by atoms with Crippen LogP contribution in [0.5, 0.6) is 0 Å². The number of nitrogens with one attached hydrogen (secondary N) is 2. The second-order valence-corrected chi connectivity index (χ2v) is 10.4. The van der Waals surface area contributed by atoms with Gasteiger partial charge in [0.25, 0.3) is 0 Å². The van der Waals surface area contributed by atoms with E-state index in [-0.39, 0.29) is 40.9 Å². The van der Waals surface area contributed by atoms with E-state index in [4.69, 9.17) is 4.43 Å². The third-order valence-corrected chi connectivity index (χ3v) is 5.70. The number of H-pyrrole nitrogens is 1. The highest BCUT2D eigenvalue weighted by Gasteiger charge is 2.51. The molecule has 0 aromatic carbocycles. The van der Waals surface area contributed by atoms with Gasteiger partial charge in [0, 0.05) is 24.9 Å². The highest BCUT2D eigenvalue weighted by molar-refractivity contribution is 6.48. The number of ketones is 1. The van der Waals surface area contributed by atoms with E-state index < -0.39 is 9.04 Å². The molecule has 1 aliphatic rings. The van der Waals surface area contributed by atoms with Crippen molar-refractivity contribution in [3.8, 4) is 0 Å². The van der Waals surface area contributed by atoms with Crippen molar-refractivity contribution in [3.05, 3.63) is 18.2 Å². The second-order valence-electron chi connectivity index (χ2n) is 8.01. The number of imidazole rings is 1. The summed E-state index contributed by atoms with van der Waals surface area (Å²) in [5.41, 5.74) is -0.0720. The Balaban J connectivity index is 2.16. The van der Waals surface area contributed by atoms with Crippen LogP contribution in [0.4, 0.5) is 0 Å². The van der Waals surface area contributed by atoms with Crippen molar-refractivity contribution < 1.29 is 14.0 Å². The van der Waals surface area contributed by atoms with Gasteiger partial charge in [-0.15, -0.1) is 0 Å². The number of carbonyl (C=O) groups excluding carboxylic acids is 2. The molecule has 0 aliphatic carbocycles. The van der Waals surface area contributed by atoms with Crippen molar-refractivity contribution in [2.75, 3.05) is 6.61 Å². The van der Waals surface area contributed by atoms with Gasteiger partial charge >= 0.3 is 0 Å². The molecule has 1 fully saturated rings. The third-order valence-electron chi connectivity index (χ3n) is 4.84. The summed E-state index contributed by atoms with van der Waals surface area (Å²) in [6.07, 6.45) is 3.20. The van der Waals surface area contributed by atoms with Gasteiger partial charge in [-0.25, -0.2) is 4.98 Å². The zero-order valence-electron chi connectivity index (χ0n) is 15.4. The smallest absolute Gasteiger partial charge is 0.225 e. The van der Waals surface area contributed by atoms with Crippen LogP contribution in [0.25, 0.3) is 0 Å². The molecule has 1 amide bonds. The molecule has 2 heterocycles. The lowest BCUT2D eigenvalue weighted by Gasteiger charge is -2.48. The minimum atomic E-state index is -1.17. The first kappa shape index (κ1) is 18.9. The van der Waals surface area contributed by atoms with E-state index in [0.29, 0.717) is 12.4 Å². The Morgan fingerprint density at radius 1 is 1.42 bits per heavy atom. The third kappa shape index (κ3) is 3.95. The van der Waals surface area contributed by atoms with Gasteiger partial charge in [0.15, 0.2) is 14.9 Å².